The van der Waals surface area contributed by atoms with Crippen molar-refractivity contribution in [1.82, 2.24) is 15.1 Å². The van der Waals surface area contributed by atoms with E-state index in [1.165, 1.54) is 36.9 Å². The fourth-order valence-corrected chi connectivity index (χ4v) is 2.56. The van der Waals surface area contributed by atoms with E-state index in [0.717, 1.165) is 32.2 Å². The smallest absolute Gasteiger partial charge is 0.0593 e. The van der Waals surface area contributed by atoms with Crippen LogP contribution in [0.3, 0.4) is 0 Å². The lowest BCUT2D eigenvalue weighted by Crippen LogP contribution is -2.16. The average Bonchev–Trinajstić information content (AvgIpc) is 2.93. The van der Waals surface area contributed by atoms with Gasteiger partial charge in [0.2, 0.25) is 0 Å². The lowest BCUT2D eigenvalue weighted by atomic mass is 10.2. The molecule has 1 aliphatic heterocycles. The lowest BCUT2D eigenvalue weighted by Gasteiger charge is -2.10. The van der Waals surface area contributed by atoms with Crippen molar-refractivity contribution in [2.24, 2.45) is 0 Å². The van der Waals surface area contributed by atoms with E-state index >= 15 is 0 Å². The summed E-state index contributed by atoms with van der Waals surface area (Å²) in [5.41, 5.74) is 2.65. The highest BCUT2D eigenvalue weighted by molar-refractivity contribution is 5.16. The number of hydrogen-bond acceptors (Lipinski definition) is 3. The topological polar surface area (TPSA) is 39.1 Å². The maximum absolute atomic E-state index is 5.66. The minimum Gasteiger partial charge on any atom is -0.378 e. The molecule has 1 atom stereocenters. The van der Waals surface area contributed by atoms with Gasteiger partial charge in [0.15, 0.2) is 0 Å². The Kier molecular flexibility index (Phi) is 3.66. The molecular formula is C14H23N3O. The van der Waals surface area contributed by atoms with Crippen LogP contribution in [-0.4, -0.2) is 28.5 Å². The summed E-state index contributed by atoms with van der Waals surface area (Å²) in [6, 6.07) is 0.764. The molecule has 0 bridgehead atoms. The van der Waals surface area contributed by atoms with Crippen molar-refractivity contribution in [1.29, 1.82) is 0 Å². The largest absolute Gasteiger partial charge is 0.378 e. The Morgan fingerprint density at radius 3 is 3.06 bits per heavy atom. The third-order valence-electron chi connectivity index (χ3n) is 4.05. The fourth-order valence-electron chi connectivity index (χ4n) is 2.56. The zero-order chi connectivity index (χ0) is 12.4. The van der Waals surface area contributed by atoms with Crippen molar-refractivity contribution in [3.05, 3.63) is 17.5 Å². The third kappa shape index (κ3) is 2.93. The van der Waals surface area contributed by atoms with Gasteiger partial charge in [0.1, 0.15) is 0 Å². The first-order chi connectivity index (χ1) is 8.83. The first-order valence-corrected chi connectivity index (χ1v) is 7.19. The summed E-state index contributed by atoms with van der Waals surface area (Å²) in [4.78, 5) is 0. The molecule has 2 heterocycles. The van der Waals surface area contributed by atoms with Gasteiger partial charge >= 0.3 is 0 Å². The van der Waals surface area contributed by atoms with Crippen LogP contribution in [0.2, 0.25) is 0 Å². The Balaban J connectivity index is 1.51. The molecule has 1 aliphatic carbocycles. The molecule has 0 aromatic carbocycles. The second kappa shape index (κ2) is 5.41. The Hall–Kier alpha value is -0.870. The van der Waals surface area contributed by atoms with Gasteiger partial charge in [-0.25, -0.2) is 0 Å². The van der Waals surface area contributed by atoms with Crippen LogP contribution < -0.4 is 5.32 Å². The van der Waals surface area contributed by atoms with E-state index in [1.807, 2.05) is 6.20 Å². The van der Waals surface area contributed by atoms with Gasteiger partial charge in [-0.2, -0.15) is 5.10 Å². The molecule has 18 heavy (non-hydrogen) atoms. The first kappa shape index (κ1) is 12.2. The van der Waals surface area contributed by atoms with Gasteiger partial charge in [-0.1, -0.05) is 0 Å². The minimum atomic E-state index is 0.460. The van der Waals surface area contributed by atoms with Crippen LogP contribution in [0.5, 0.6) is 0 Å². The van der Waals surface area contributed by atoms with Crippen molar-refractivity contribution in [2.45, 2.75) is 64.3 Å². The Labute approximate surface area is 109 Å². The monoisotopic (exact) mass is 249 g/mol. The predicted molar refractivity (Wildman–Crippen MR) is 70.4 cm³/mol. The molecule has 2 fully saturated rings. The molecule has 2 aliphatic rings. The fraction of sp³-hybridized carbons (Fsp3) is 0.786. The Morgan fingerprint density at radius 1 is 1.44 bits per heavy atom. The van der Waals surface area contributed by atoms with Crippen LogP contribution in [0.25, 0.3) is 0 Å². The molecular weight excluding hydrogens is 226 g/mol. The van der Waals surface area contributed by atoms with Gasteiger partial charge in [0.25, 0.3) is 0 Å². The maximum atomic E-state index is 5.66. The molecule has 1 saturated heterocycles. The van der Waals surface area contributed by atoms with Crippen LogP contribution >= 0.6 is 0 Å². The summed E-state index contributed by atoms with van der Waals surface area (Å²) in [5.74, 6) is 0. The van der Waals surface area contributed by atoms with Gasteiger partial charge in [-0.15, -0.1) is 0 Å². The van der Waals surface area contributed by atoms with Crippen LogP contribution in [0.4, 0.5) is 0 Å². The Morgan fingerprint density at radius 2 is 2.33 bits per heavy atom. The number of aryl methyl sites for hydroxylation is 1. The Bertz CT molecular complexity index is 392. The molecule has 1 aromatic heterocycles. The lowest BCUT2D eigenvalue weighted by molar-refractivity contribution is 0.0993. The summed E-state index contributed by atoms with van der Waals surface area (Å²) in [7, 11) is 0. The summed E-state index contributed by atoms with van der Waals surface area (Å²) in [6.45, 7) is 5.07. The molecule has 1 N–H and O–H groups in total. The van der Waals surface area contributed by atoms with E-state index in [2.05, 4.69) is 22.0 Å². The van der Waals surface area contributed by atoms with E-state index in [9.17, 15) is 0 Å². The number of nitrogens with zero attached hydrogens (tertiary/aromatic N) is 2. The summed E-state index contributed by atoms with van der Waals surface area (Å²) in [6.07, 6.45) is 8.69. The molecule has 3 rings (SSSR count). The quantitative estimate of drug-likeness (QED) is 0.838. The van der Waals surface area contributed by atoms with Gasteiger partial charge in [-0.05, 0) is 39.0 Å². The summed E-state index contributed by atoms with van der Waals surface area (Å²) in [5, 5.41) is 8.04. The zero-order valence-corrected chi connectivity index (χ0v) is 11.2. The second-order valence-corrected chi connectivity index (χ2v) is 5.56. The van der Waals surface area contributed by atoms with Crippen molar-refractivity contribution < 1.29 is 4.74 Å². The highest BCUT2D eigenvalue weighted by Crippen LogP contribution is 2.20. The minimum absolute atomic E-state index is 0.460. The third-order valence-corrected chi connectivity index (χ3v) is 4.05. The first-order valence-electron chi connectivity index (χ1n) is 7.19. The average molecular weight is 249 g/mol. The number of aromatic nitrogens is 2. The zero-order valence-electron chi connectivity index (χ0n) is 11.2. The molecule has 4 heteroatoms. The van der Waals surface area contributed by atoms with E-state index < -0.39 is 0 Å². The summed E-state index contributed by atoms with van der Waals surface area (Å²) < 4.78 is 7.79. The predicted octanol–water partition coefficient (Wildman–Crippen LogP) is 2.01. The number of nitrogens with one attached hydrogen (secondary N) is 1. The van der Waals surface area contributed by atoms with Gasteiger partial charge in [0, 0.05) is 37.0 Å². The molecule has 0 radical (unpaired) electrons. The van der Waals surface area contributed by atoms with E-state index in [-0.39, 0.29) is 0 Å². The SMILES string of the molecule is Cc1c(CNC2CC2)cnn1CCC1CCCO1. The molecule has 0 spiro atoms. The van der Waals surface area contributed by atoms with E-state index in [1.54, 1.807) is 0 Å². The van der Waals surface area contributed by atoms with Gasteiger partial charge in [0.05, 0.1) is 12.3 Å². The van der Waals surface area contributed by atoms with Crippen molar-refractivity contribution >= 4 is 0 Å². The van der Waals surface area contributed by atoms with Crippen molar-refractivity contribution in [2.75, 3.05) is 6.61 Å². The molecule has 1 unspecified atom stereocenters. The van der Waals surface area contributed by atoms with Crippen LogP contribution in [0, 0.1) is 6.92 Å². The van der Waals surface area contributed by atoms with E-state index in [0.29, 0.717) is 6.10 Å². The standard InChI is InChI=1S/C14H23N3O/c1-11-12(9-15-13-4-5-13)10-16-17(11)7-6-14-3-2-8-18-14/h10,13-15H,2-9H2,1H3. The van der Waals surface area contributed by atoms with Crippen molar-refractivity contribution in [3.63, 3.8) is 0 Å². The van der Waals surface area contributed by atoms with Gasteiger partial charge in [-0.3, -0.25) is 4.68 Å². The highest BCUT2D eigenvalue weighted by atomic mass is 16.5. The van der Waals surface area contributed by atoms with Crippen molar-refractivity contribution in [3.8, 4) is 0 Å². The number of rotatable bonds is 6. The second-order valence-electron chi connectivity index (χ2n) is 5.56. The van der Waals surface area contributed by atoms with Crippen LogP contribution in [-0.2, 0) is 17.8 Å². The number of hydrogen-bond donors (Lipinski definition) is 1. The highest BCUT2D eigenvalue weighted by Gasteiger charge is 2.21. The normalized spacial score (nSPS) is 23.7. The number of ether oxygens (including phenoxy) is 1. The molecule has 100 valence electrons. The van der Waals surface area contributed by atoms with Gasteiger partial charge < -0.3 is 10.1 Å². The molecule has 1 aromatic rings. The van der Waals surface area contributed by atoms with Crippen LogP contribution in [0.15, 0.2) is 6.20 Å². The molecule has 4 nitrogen and oxygen atoms in total. The molecule has 0 amide bonds. The summed E-state index contributed by atoms with van der Waals surface area (Å²) >= 11 is 0. The van der Waals surface area contributed by atoms with E-state index in [4.69, 9.17) is 4.74 Å². The molecule has 1 saturated carbocycles. The maximum Gasteiger partial charge on any atom is 0.0593 e. The van der Waals surface area contributed by atoms with Crippen LogP contribution in [0.1, 0.15) is 43.4 Å².